The van der Waals surface area contributed by atoms with Gasteiger partial charge in [0.25, 0.3) is 0 Å². The maximum atomic E-state index is 5.78. The van der Waals surface area contributed by atoms with Gasteiger partial charge in [-0.25, -0.2) is 0 Å². The zero-order chi connectivity index (χ0) is 14.5. The van der Waals surface area contributed by atoms with E-state index in [0.717, 1.165) is 57.0 Å². The first kappa shape index (κ1) is 14.8. The van der Waals surface area contributed by atoms with Crippen LogP contribution >= 0.6 is 0 Å². The molecule has 0 bridgehead atoms. The number of piperidine rings is 1. The molecule has 0 unspecified atom stereocenters. The Morgan fingerprint density at radius 1 is 1.10 bits per heavy atom. The van der Waals surface area contributed by atoms with Crippen molar-refractivity contribution in [3.05, 3.63) is 29.8 Å². The van der Waals surface area contributed by atoms with E-state index in [0.29, 0.717) is 13.2 Å². The fraction of sp³-hybridized carbons (Fsp3) is 0.625. The SMILES string of the molecule is NCc1ccc(OCCN2CCC3(CC2)OCCO3)cc1. The van der Waals surface area contributed by atoms with Crippen LogP contribution in [0.25, 0.3) is 0 Å². The van der Waals surface area contributed by atoms with Crippen LogP contribution in [0.1, 0.15) is 18.4 Å². The van der Waals surface area contributed by atoms with E-state index in [9.17, 15) is 0 Å². The second-order valence-electron chi connectivity index (χ2n) is 5.65. The van der Waals surface area contributed by atoms with Gasteiger partial charge in [0.05, 0.1) is 13.2 Å². The zero-order valence-electron chi connectivity index (χ0n) is 12.4. The molecule has 5 heteroatoms. The number of hydrogen-bond donors (Lipinski definition) is 1. The number of benzene rings is 1. The molecule has 0 saturated carbocycles. The highest BCUT2D eigenvalue weighted by atomic mass is 16.7. The Morgan fingerprint density at radius 2 is 1.76 bits per heavy atom. The van der Waals surface area contributed by atoms with Gasteiger partial charge in [-0.1, -0.05) is 12.1 Å². The molecule has 3 rings (SSSR count). The van der Waals surface area contributed by atoms with Crippen LogP contribution in [-0.4, -0.2) is 50.1 Å². The highest BCUT2D eigenvalue weighted by molar-refractivity contribution is 5.27. The van der Waals surface area contributed by atoms with Gasteiger partial charge in [0.2, 0.25) is 0 Å². The summed E-state index contributed by atoms with van der Waals surface area (Å²) in [5.74, 6) is 0.623. The minimum atomic E-state index is -0.282. The average Bonchev–Trinajstić information content (AvgIpc) is 2.98. The first-order valence-corrected chi connectivity index (χ1v) is 7.72. The summed E-state index contributed by atoms with van der Waals surface area (Å²) in [5.41, 5.74) is 6.70. The summed E-state index contributed by atoms with van der Waals surface area (Å²) < 4.78 is 17.3. The van der Waals surface area contributed by atoms with Crippen molar-refractivity contribution in [1.29, 1.82) is 0 Å². The smallest absolute Gasteiger partial charge is 0.170 e. The Morgan fingerprint density at radius 3 is 2.38 bits per heavy atom. The lowest BCUT2D eigenvalue weighted by Gasteiger charge is -2.37. The quantitative estimate of drug-likeness (QED) is 0.888. The predicted octanol–water partition coefficient (Wildman–Crippen LogP) is 1.36. The molecule has 2 aliphatic rings. The number of rotatable bonds is 5. The Balaban J connectivity index is 1.38. The van der Waals surface area contributed by atoms with Gasteiger partial charge in [-0.15, -0.1) is 0 Å². The average molecular weight is 292 g/mol. The largest absolute Gasteiger partial charge is 0.492 e. The zero-order valence-corrected chi connectivity index (χ0v) is 12.4. The summed E-state index contributed by atoms with van der Waals surface area (Å²) in [5, 5.41) is 0. The fourth-order valence-corrected chi connectivity index (χ4v) is 2.92. The third-order valence-corrected chi connectivity index (χ3v) is 4.27. The third kappa shape index (κ3) is 3.74. The Labute approximate surface area is 126 Å². The lowest BCUT2D eigenvalue weighted by atomic mass is 10.0. The molecule has 5 nitrogen and oxygen atoms in total. The summed E-state index contributed by atoms with van der Waals surface area (Å²) in [7, 11) is 0. The van der Waals surface area contributed by atoms with Crippen molar-refractivity contribution in [1.82, 2.24) is 4.90 Å². The first-order valence-electron chi connectivity index (χ1n) is 7.72. The van der Waals surface area contributed by atoms with Crippen molar-refractivity contribution in [2.45, 2.75) is 25.2 Å². The molecule has 21 heavy (non-hydrogen) atoms. The molecule has 0 atom stereocenters. The molecule has 1 aromatic carbocycles. The first-order chi connectivity index (χ1) is 10.3. The normalized spacial score (nSPS) is 21.8. The van der Waals surface area contributed by atoms with E-state index in [1.807, 2.05) is 24.3 Å². The van der Waals surface area contributed by atoms with Crippen LogP contribution in [0.2, 0.25) is 0 Å². The number of likely N-dealkylation sites (tertiary alicyclic amines) is 1. The van der Waals surface area contributed by atoms with E-state index in [4.69, 9.17) is 19.9 Å². The summed E-state index contributed by atoms with van der Waals surface area (Å²) in [4.78, 5) is 2.41. The number of nitrogens with two attached hydrogens (primary N) is 1. The molecule has 1 aromatic rings. The predicted molar refractivity (Wildman–Crippen MR) is 80.1 cm³/mol. The standard InChI is InChI=1S/C16H24N2O3/c17-13-14-1-3-15(4-2-14)19-10-9-18-7-5-16(6-8-18)20-11-12-21-16/h1-4H,5-13,17H2. The number of hydrogen-bond acceptors (Lipinski definition) is 5. The molecular formula is C16H24N2O3. The van der Waals surface area contributed by atoms with Gasteiger partial charge in [-0.3, -0.25) is 4.90 Å². The van der Waals surface area contributed by atoms with Gasteiger partial charge >= 0.3 is 0 Å². The van der Waals surface area contributed by atoms with E-state index in [-0.39, 0.29) is 5.79 Å². The molecule has 116 valence electrons. The summed E-state index contributed by atoms with van der Waals surface area (Å²) in [6, 6.07) is 7.98. The Kier molecular flexibility index (Phi) is 4.75. The maximum absolute atomic E-state index is 5.78. The lowest BCUT2D eigenvalue weighted by Crippen LogP contribution is -2.46. The summed E-state index contributed by atoms with van der Waals surface area (Å²) in [6.45, 7) is 5.71. The molecular weight excluding hydrogens is 268 g/mol. The van der Waals surface area contributed by atoms with E-state index < -0.39 is 0 Å². The third-order valence-electron chi connectivity index (χ3n) is 4.27. The lowest BCUT2D eigenvalue weighted by molar-refractivity contribution is -0.185. The molecule has 0 radical (unpaired) electrons. The van der Waals surface area contributed by atoms with Gasteiger partial charge in [0.1, 0.15) is 12.4 Å². The summed E-state index contributed by atoms with van der Waals surface area (Å²) in [6.07, 6.45) is 1.91. The van der Waals surface area contributed by atoms with Gasteiger partial charge in [-0.05, 0) is 17.7 Å². The molecule has 2 heterocycles. The van der Waals surface area contributed by atoms with Crippen LogP contribution in [-0.2, 0) is 16.0 Å². The van der Waals surface area contributed by atoms with Crippen LogP contribution in [0.4, 0.5) is 0 Å². The number of ether oxygens (including phenoxy) is 3. The van der Waals surface area contributed by atoms with Crippen LogP contribution in [0, 0.1) is 0 Å². The van der Waals surface area contributed by atoms with E-state index in [1.54, 1.807) is 0 Å². The highest BCUT2D eigenvalue weighted by Crippen LogP contribution is 2.31. The Hall–Kier alpha value is -1.14. The van der Waals surface area contributed by atoms with Crippen LogP contribution in [0.5, 0.6) is 5.75 Å². The molecule has 0 amide bonds. The van der Waals surface area contributed by atoms with Crippen LogP contribution in [0.3, 0.4) is 0 Å². The van der Waals surface area contributed by atoms with Crippen molar-refractivity contribution >= 4 is 0 Å². The van der Waals surface area contributed by atoms with Crippen molar-refractivity contribution in [3.8, 4) is 5.75 Å². The Bertz CT molecular complexity index is 433. The summed E-state index contributed by atoms with van der Waals surface area (Å²) >= 11 is 0. The van der Waals surface area contributed by atoms with Crippen molar-refractivity contribution in [2.75, 3.05) is 39.5 Å². The molecule has 2 N–H and O–H groups in total. The van der Waals surface area contributed by atoms with Gasteiger partial charge in [-0.2, -0.15) is 0 Å². The van der Waals surface area contributed by atoms with E-state index in [1.165, 1.54) is 0 Å². The van der Waals surface area contributed by atoms with E-state index >= 15 is 0 Å². The second kappa shape index (κ2) is 6.75. The van der Waals surface area contributed by atoms with Crippen molar-refractivity contribution in [2.24, 2.45) is 5.73 Å². The topological polar surface area (TPSA) is 57.0 Å². The van der Waals surface area contributed by atoms with E-state index in [2.05, 4.69) is 4.90 Å². The van der Waals surface area contributed by atoms with Gasteiger partial charge in [0, 0.05) is 39.0 Å². The minimum Gasteiger partial charge on any atom is -0.492 e. The molecule has 2 saturated heterocycles. The molecule has 0 aliphatic carbocycles. The van der Waals surface area contributed by atoms with Crippen LogP contribution in [0.15, 0.2) is 24.3 Å². The molecule has 1 spiro atoms. The minimum absolute atomic E-state index is 0.282. The highest BCUT2D eigenvalue weighted by Gasteiger charge is 2.39. The number of nitrogens with zero attached hydrogens (tertiary/aromatic N) is 1. The fourth-order valence-electron chi connectivity index (χ4n) is 2.92. The maximum Gasteiger partial charge on any atom is 0.170 e. The van der Waals surface area contributed by atoms with Crippen molar-refractivity contribution < 1.29 is 14.2 Å². The van der Waals surface area contributed by atoms with Gasteiger partial charge < -0.3 is 19.9 Å². The molecule has 2 fully saturated rings. The van der Waals surface area contributed by atoms with Gasteiger partial charge in [0.15, 0.2) is 5.79 Å². The monoisotopic (exact) mass is 292 g/mol. The second-order valence-corrected chi connectivity index (χ2v) is 5.65. The molecule has 2 aliphatic heterocycles. The molecule has 0 aromatic heterocycles. The van der Waals surface area contributed by atoms with Crippen LogP contribution < -0.4 is 10.5 Å². The van der Waals surface area contributed by atoms with Crippen molar-refractivity contribution in [3.63, 3.8) is 0 Å².